The Bertz CT molecular complexity index is 951. The predicted octanol–water partition coefficient (Wildman–Crippen LogP) is 3.03. The second kappa shape index (κ2) is 6.15. The van der Waals surface area contributed by atoms with Gasteiger partial charge in [-0.2, -0.15) is 0 Å². The molecule has 25 heavy (non-hydrogen) atoms. The number of benzene rings is 1. The lowest BCUT2D eigenvalue weighted by molar-refractivity contribution is 0.0953. The van der Waals surface area contributed by atoms with Crippen LogP contribution >= 0.6 is 0 Å². The molecule has 0 unspecified atom stereocenters. The molecule has 2 heterocycles. The number of Topliss-reactive ketones (excluding diaryl/α,β-unsaturated/α-hetero) is 1. The van der Waals surface area contributed by atoms with Crippen molar-refractivity contribution in [2.45, 2.75) is 52.3 Å². The van der Waals surface area contributed by atoms with Gasteiger partial charge in [0.25, 0.3) is 0 Å². The monoisotopic (exact) mass is 337 g/mol. The van der Waals surface area contributed by atoms with E-state index in [4.69, 9.17) is 0 Å². The molecule has 0 saturated carbocycles. The van der Waals surface area contributed by atoms with E-state index in [9.17, 15) is 9.90 Å². The fraction of sp³-hybridized carbons (Fsp3) is 0.400. The van der Waals surface area contributed by atoms with Crippen LogP contribution in [-0.2, 0) is 19.5 Å². The Morgan fingerprint density at radius 2 is 2.08 bits per heavy atom. The summed E-state index contributed by atoms with van der Waals surface area (Å²) in [6.07, 6.45) is 5.47. The average Bonchev–Trinajstić information content (AvgIpc) is 3.11. The van der Waals surface area contributed by atoms with Crippen molar-refractivity contribution in [2.75, 3.05) is 0 Å². The molecular formula is C20H23N3O2. The molecule has 3 aromatic rings. The first-order valence-electron chi connectivity index (χ1n) is 8.85. The summed E-state index contributed by atoms with van der Waals surface area (Å²) in [5.41, 5.74) is 4.20. The third-order valence-electron chi connectivity index (χ3n) is 5.14. The van der Waals surface area contributed by atoms with Gasteiger partial charge >= 0.3 is 0 Å². The minimum Gasteiger partial charge on any atom is -0.389 e. The molecule has 5 nitrogen and oxygen atoms in total. The summed E-state index contributed by atoms with van der Waals surface area (Å²) in [6, 6.07) is 6.31. The molecule has 1 N–H and O–H groups in total. The van der Waals surface area contributed by atoms with Crippen molar-refractivity contribution < 1.29 is 9.90 Å². The molecular weight excluding hydrogens is 314 g/mol. The number of imidazole rings is 1. The van der Waals surface area contributed by atoms with Crippen molar-refractivity contribution in [1.82, 2.24) is 14.1 Å². The normalized spacial score (nSPS) is 15.6. The zero-order valence-corrected chi connectivity index (χ0v) is 14.7. The molecule has 4 rings (SSSR count). The maximum Gasteiger partial charge on any atom is 0.179 e. The summed E-state index contributed by atoms with van der Waals surface area (Å²) in [7, 11) is 0. The first-order valence-corrected chi connectivity index (χ1v) is 8.85. The number of hydrogen-bond donors (Lipinski definition) is 1. The van der Waals surface area contributed by atoms with E-state index in [1.807, 2.05) is 22.3 Å². The number of aliphatic hydroxyl groups excluding tert-OH is 1. The average molecular weight is 337 g/mol. The van der Waals surface area contributed by atoms with Crippen molar-refractivity contribution in [3.63, 3.8) is 0 Å². The van der Waals surface area contributed by atoms with E-state index in [2.05, 4.69) is 30.1 Å². The van der Waals surface area contributed by atoms with Gasteiger partial charge in [0, 0.05) is 29.7 Å². The highest BCUT2D eigenvalue weighted by molar-refractivity contribution is 6.04. The molecule has 1 aliphatic rings. The van der Waals surface area contributed by atoms with Gasteiger partial charge in [-0.3, -0.25) is 4.79 Å². The van der Waals surface area contributed by atoms with E-state index in [1.165, 1.54) is 5.56 Å². The van der Waals surface area contributed by atoms with Gasteiger partial charge in [0.15, 0.2) is 5.78 Å². The lowest BCUT2D eigenvalue weighted by atomic mass is 9.94. The summed E-state index contributed by atoms with van der Waals surface area (Å²) >= 11 is 0. The van der Waals surface area contributed by atoms with Crippen LogP contribution in [0, 0.1) is 13.8 Å². The molecule has 0 radical (unpaired) electrons. The zero-order valence-electron chi connectivity index (χ0n) is 14.7. The second-order valence-corrected chi connectivity index (χ2v) is 7.02. The lowest BCUT2D eigenvalue weighted by Crippen LogP contribution is -2.25. The summed E-state index contributed by atoms with van der Waals surface area (Å²) < 4.78 is 3.97. The van der Waals surface area contributed by atoms with Gasteiger partial charge in [-0.1, -0.05) is 11.6 Å². The maximum absolute atomic E-state index is 12.6. The second-order valence-electron chi connectivity index (χ2n) is 7.02. The Morgan fingerprint density at radius 1 is 1.24 bits per heavy atom. The van der Waals surface area contributed by atoms with E-state index in [0.29, 0.717) is 19.5 Å². The van der Waals surface area contributed by atoms with Crippen LogP contribution in [0.1, 0.15) is 40.3 Å². The molecule has 1 atom stereocenters. The van der Waals surface area contributed by atoms with Crippen LogP contribution in [0.3, 0.4) is 0 Å². The number of aliphatic hydroxyl groups is 1. The molecule has 0 spiro atoms. The molecule has 0 aliphatic heterocycles. The highest BCUT2D eigenvalue weighted by atomic mass is 16.3. The topological polar surface area (TPSA) is 60.1 Å². The van der Waals surface area contributed by atoms with E-state index in [-0.39, 0.29) is 5.78 Å². The molecule has 2 aromatic heterocycles. The van der Waals surface area contributed by atoms with Crippen LogP contribution < -0.4 is 0 Å². The number of ketones is 1. The number of fused-ring (bicyclic) bond motifs is 3. The number of carbonyl (C=O) groups is 1. The Balaban J connectivity index is 1.74. The first-order chi connectivity index (χ1) is 12.0. The smallest absolute Gasteiger partial charge is 0.179 e. The SMILES string of the molecule is Cc1ccc2c(c1)c1c(n2C[C@H](O)Cn2ccnc2C)C(=O)CCC1. The summed E-state index contributed by atoms with van der Waals surface area (Å²) in [5.74, 6) is 1.08. The molecule has 1 aliphatic carbocycles. The van der Waals surface area contributed by atoms with Gasteiger partial charge in [-0.25, -0.2) is 4.98 Å². The fourth-order valence-electron chi connectivity index (χ4n) is 3.94. The van der Waals surface area contributed by atoms with Crippen LogP contribution in [-0.4, -0.2) is 31.1 Å². The van der Waals surface area contributed by atoms with Crippen LogP contribution in [0.5, 0.6) is 0 Å². The van der Waals surface area contributed by atoms with Gasteiger partial charge in [-0.15, -0.1) is 0 Å². The first kappa shape index (κ1) is 16.1. The van der Waals surface area contributed by atoms with Gasteiger partial charge in [0.05, 0.1) is 24.9 Å². The molecule has 130 valence electrons. The summed E-state index contributed by atoms with van der Waals surface area (Å²) in [4.78, 5) is 16.8. The predicted molar refractivity (Wildman–Crippen MR) is 96.9 cm³/mol. The number of rotatable bonds is 4. The van der Waals surface area contributed by atoms with Crippen LogP contribution in [0.25, 0.3) is 10.9 Å². The molecule has 0 bridgehead atoms. The Labute approximate surface area is 146 Å². The quantitative estimate of drug-likeness (QED) is 0.796. The maximum atomic E-state index is 12.6. The number of aryl methyl sites for hydroxylation is 3. The van der Waals surface area contributed by atoms with Crippen LogP contribution in [0.15, 0.2) is 30.6 Å². The highest BCUT2D eigenvalue weighted by Crippen LogP contribution is 2.33. The van der Waals surface area contributed by atoms with Crippen molar-refractivity contribution in [2.24, 2.45) is 0 Å². The van der Waals surface area contributed by atoms with Gasteiger partial charge in [0.2, 0.25) is 0 Å². The number of aromatic nitrogens is 3. The van der Waals surface area contributed by atoms with Crippen LogP contribution in [0.2, 0.25) is 0 Å². The van der Waals surface area contributed by atoms with E-state index in [1.54, 1.807) is 6.20 Å². The summed E-state index contributed by atoms with van der Waals surface area (Å²) in [6.45, 7) is 4.88. The van der Waals surface area contributed by atoms with Crippen LogP contribution in [0.4, 0.5) is 0 Å². The Kier molecular flexibility index (Phi) is 3.96. The number of nitrogens with zero attached hydrogens (tertiary/aromatic N) is 3. The molecule has 0 saturated heterocycles. The third kappa shape index (κ3) is 2.78. The lowest BCUT2D eigenvalue weighted by Gasteiger charge is -2.18. The van der Waals surface area contributed by atoms with Gasteiger partial charge < -0.3 is 14.2 Å². The van der Waals surface area contributed by atoms with Gasteiger partial charge in [-0.05, 0) is 44.4 Å². The van der Waals surface area contributed by atoms with E-state index >= 15 is 0 Å². The van der Waals surface area contributed by atoms with E-state index < -0.39 is 6.10 Å². The van der Waals surface area contributed by atoms with Gasteiger partial charge in [0.1, 0.15) is 5.82 Å². The largest absolute Gasteiger partial charge is 0.389 e. The standard InChI is InChI=1S/C20H23N3O2/c1-13-6-7-18-17(10-13)16-4-3-5-19(25)20(16)23(18)12-15(24)11-22-9-8-21-14(22)2/h6-10,15,24H,3-5,11-12H2,1-2H3/t15-/m1/s1. The van der Waals surface area contributed by atoms with Crippen molar-refractivity contribution >= 4 is 16.7 Å². The Morgan fingerprint density at radius 3 is 2.84 bits per heavy atom. The van der Waals surface area contributed by atoms with E-state index in [0.717, 1.165) is 40.8 Å². The Hall–Kier alpha value is -2.40. The molecule has 0 amide bonds. The van der Waals surface area contributed by atoms with Crippen molar-refractivity contribution in [1.29, 1.82) is 0 Å². The summed E-state index contributed by atoms with van der Waals surface area (Å²) in [5, 5.41) is 11.8. The van der Waals surface area contributed by atoms with Crippen molar-refractivity contribution in [3.05, 3.63) is 53.2 Å². The molecule has 1 aromatic carbocycles. The minimum absolute atomic E-state index is 0.195. The third-order valence-corrected chi connectivity index (χ3v) is 5.14. The minimum atomic E-state index is -0.580. The molecule has 5 heteroatoms. The number of hydrogen-bond acceptors (Lipinski definition) is 3. The molecule has 0 fully saturated rings. The zero-order chi connectivity index (χ0) is 17.6. The van der Waals surface area contributed by atoms with Crippen molar-refractivity contribution in [3.8, 4) is 0 Å². The number of carbonyl (C=O) groups excluding carboxylic acids is 1. The fourth-order valence-corrected chi connectivity index (χ4v) is 3.94. The highest BCUT2D eigenvalue weighted by Gasteiger charge is 2.26.